The number of aliphatic imine (C=N–C) groups is 1. The smallest absolute Gasteiger partial charge is 0.128 e. The molecule has 0 spiro atoms. The van der Waals surface area contributed by atoms with E-state index in [1.165, 1.54) is 0 Å². The molecule has 1 aromatic heterocycles. The van der Waals surface area contributed by atoms with E-state index in [-0.39, 0.29) is 5.83 Å². The molecule has 2 aliphatic rings. The monoisotopic (exact) mass is 395 g/mol. The van der Waals surface area contributed by atoms with Gasteiger partial charge in [0.15, 0.2) is 0 Å². The summed E-state index contributed by atoms with van der Waals surface area (Å²) in [7, 11) is 0. The van der Waals surface area contributed by atoms with Crippen molar-refractivity contribution in [1.82, 2.24) is 10.3 Å². The highest BCUT2D eigenvalue weighted by Gasteiger charge is 2.21. The van der Waals surface area contributed by atoms with Crippen molar-refractivity contribution in [2.45, 2.75) is 33.2 Å². The minimum Gasteiger partial charge on any atom is -0.378 e. The Hall–Kier alpha value is -2.73. The Morgan fingerprint density at radius 3 is 3.03 bits per heavy atom. The Kier molecular flexibility index (Phi) is 7.36. The molecular formula is C23H30FN5. The first-order valence-corrected chi connectivity index (χ1v) is 10.3. The van der Waals surface area contributed by atoms with Crippen LogP contribution in [-0.2, 0) is 0 Å². The molecule has 1 fully saturated rings. The Bertz CT molecular complexity index is 866. The molecule has 1 aromatic rings. The van der Waals surface area contributed by atoms with Gasteiger partial charge in [-0.1, -0.05) is 19.1 Å². The highest BCUT2D eigenvalue weighted by atomic mass is 19.1. The van der Waals surface area contributed by atoms with Crippen LogP contribution < -0.4 is 15.5 Å². The van der Waals surface area contributed by atoms with Crippen LogP contribution in [0, 0.1) is 0 Å². The number of nitrogens with one attached hydrogen (secondary N) is 2. The van der Waals surface area contributed by atoms with Crippen LogP contribution in [0.4, 0.5) is 15.8 Å². The van der Waals surface area contributed by atoms with Crippen molar-refractivity contribution in [3.63, 3.8) is 0 Å². The minimum atomic E-state index is -0.224. The first kappa shape index (κ1) is 21.0. The number of allylic oxidation sites excluding steroid dienone is 5. The summed E-state index contributed by atoms with van der Waals surface area (Å²) in [4.78, 5) is 11.1. The molecule has 1 aliphatic heterocycles. The van der Waals surface area contributed by atoms with E-state index in [0.717, 1.165) is 48.7 Å². The maximum atomic E-state index is 14.7. The van der Waals surface area contributed by atoms with Gasteiger partial charge in [-0.05, 0) is 44.1 Å². The fraction of sp³-hybridized carbons (Fsp3) is 0.391. The van der Waals surface area contributed by atoms with Crippen molar-refractivity contribution in [2.24, 2.45) is 4.99 Å². The van der Waals surface area contributed by atoms with E-state index in [9.17, 15) is 4.39 Å². The maximum Gasteiger partial charge on any atom is 0.128 e. The molecule has 6 heteroatoms. The van der Waals surface area contributed by atoms with Crippen molar-refractivity contribution in [3.05, 3.63) is 65.9 Å². The molecule has 29 heavy (non-hydrogen) atoms. The Morgan fingerprint density at radius 1 is 1.41 bits per heavy atom. The van der Waals surface area contributed by atoms with Gasteiger partial charge in [-0.2, -0.15) is 0 Å². The van der Waals surface area contributed by atoms with Crippen LogP contribution in [-0.4, -0.2) is 42.9 Å². The Morgan fingerprint density at radius 2 is 2.28 bits per heavy atom. The van der Waals surface area contributed by atoms with Crippen LogP contribution >= 0.6 is 0 Å². The van der Waals surface area contributed by atoms with Crippen LogP contribution in [0.1, 0.15) is 27.2 Å². The predicted octanol–water partition coefficient (Wildman–Crippen LogP) is 4.40. The topological polar surface area (TPSA) is 52.6 Å². The van der Waals surface area contributed by atoms with E-state index < -0.39 is 0 Å². The van der Waals surface area contributed by atoms with Crippen molar-refractivity contribution < 1.29 is 4.39 Å². The molecule has 0 aromatic carbocycles. The van der Waals surface area contributed by atoms with E-state index in [1.807, 2.05) is 44.3 Å². The number of rotatable bonds is 6. The van der Waals surface area contributed by atoms with Crippen molar-refractivity contribution in [3.8, 4) is 0 Å². The van der Waals surface area contributed by atoms with E-state index in [2.05, 4.69) is 32.4 Å². The van der Waals surface area contributed by atoms with Gasteiger partial charge in [0.05, 0.1) is 23.3 Å². The molecule has 0 bridgehead atoms. The summed E-state index contributed by atoms with van der Waals surface area (Å²) in [5, 5.41) is 6.80. The molecular weight excluding hydrogens is 365 g/mol. The third-order valence-electron chi connectivity index (χ3n) is 5.06. The molecule has 0 amide bonds. The Labute approximate surface area is 172 Å². The molecule has 1 atom stereocenters. The minimum absolute atomic E-state index is 0.224. The average Bonchev–Trinajstić information content (AvgIpc) is 2.73. The zero-order valence-corrected chi connectivity index (χ0v) is 17.5. The van der Waals surface area contributed by atoms with Crippen LogP contribution in [0.2, 0.25) is 0 Å². The maximum absolute atomic E-state index is 14.7. The number of halogens is 1. The van der Waals surface area contributed by atoms with E-state index in [0.29, 0.717) is 18.2 Å². The number of aromatic nitrogens is 1. The number of hydrogen-bond acceptors (Lipinski definition) is 5. The largest absolute Gasteiger partial charge is 0.378 e. The van der Waals surface area contributed by atoms with Gasteiger partial charge in [-0.25, -0.2) is 4.39 Å². The standard InChI is InChI=1S/C23H30FN5/c1-4-6-18-12-20(24)19(13-21(18)27-8-5-2)15-28-22-16-25-9-7-23(22)29-11-10-26-14-17(29)3/h5-9,12-13,16-17,26,28H,4,10-11,14-15H2,1-3H3/b8-5-,18-6+,27-21+. The molecule has 2 heterocycles. The van der Waals surface area contributed by atoms with Crippen LogP contribution in [0.25, 0.3) is 0 Å². The summed E-state index contributed by atoms with van der Waals surface area (Å²) in [6, 6.07) is 2.41. The van der Waals surface area contributed by atoms with Gasteiger partial charge >= 0.3 is 0 Å². The zero-order valence-electron chi connectivity index (χ0n) is 17.5. The first-order chi connectivity index (χ1) is 14.1. The Balaban J connectivity index is 1.81. The fourth-order valence-corrected chi connectivity index (χ4v) is 3.57. The lowest BCUT2D eigenvalue weighted by Crippen LogP contribution is -2.50. The SMILES string of the molecule is C\C=C/N=C1\C=C(CNc2cnccc2N2CCNCC2C)C(F)=C\C1=C/CC. The summed E-state index contributed by atoms with van der Waals surface area (Å²) >= 11 is 0. The molecule has 1 unspecified atom stereocenters. The molecule has 3 rings (SSSR count). The number of hydrogen-bond donors (Lipinski definition) is 2. The molecule has 0 radical (unpaired) electrons. The number of nitrogens with zero attached hydrogens (tertiary/aromatic N) is 3. The molecule has 1 aliphatic carbocycles. The average molecular weight is 396 g/mol. The molecule has 1 saturated heterocycles. The van der Waals surface area contributed by atoms with Gasteiger partial charge in [0.25, 0.3) is 0 Å². The van der Waals surface area contributed by atoms with Crippen LogP contribution in [0.15, 0.2) is 70.9 Å². The van der Waals surface area contributed by atoms with E-state index in [4.69, 9.17) is 0 Å². The van der Waals surface area contributed by atoms with Gasteiger partial charge in [0, 0.05) is 50.2 Å². The van der Waals surface area contributed by atoms with Gasteiger partial charge in [-0.15, -0.1) is 0 Å². The second kappa shape index (κ2) is 10.2. The van der Waals surface area contributed by atoms with Gasteiger partial charge in [-0.3, -0.25) is 9.98 Å². The van der Waals surface area contributed by atoms with Crippen molar-refractivity contribution >= 4 is 17.1 Å². The van der Waals surface area contributed by atoms with Crippen LogP contribution in [0.5, 0.6) is 0 Å². The fourth-order valence-electron chi connectivity index (χ4n) is 3.57. The summed E-state index contributed by atoms with van der Waals surface area (Å²) < 4.78 is 14.7. The third kappa shape index (κ3) is 5.21. The summed E-state index contributed by atoms with van der Waals surface area (Å²) in [5.74, 6) is -0.224. The molecule has 2 N–H and O–H groups in total. The summed E-state index contributed by atoms with van der Waals surface area (Å²) in [6.07, 6.45) is 13.4. The summed E-state index contributed by atoms with van der Waals surface area (Å²) in [5.41, 5.74) is 4.21. The predicted molar refractivity (Wildman–Crippen MR) is 120 cm³/mol. The second-order valence-electron chi connectivity index (χ2n) is 7.22. The lowest BCUT2D eigenvalue weighted by molar-refractivity contribution is 0.501. The van der Waals surface area contributed by atoms with Crippen molar-refractivity contribution in [2.75, 3.05) is 36.4 Å². The van der Waals surface area contributed by atoms with Crippen LogP contribution in [0.3, 0.4) is 0 Å². The second-order valence-corrected chi connectivity index (χ2v) is 7.22. The highest BCUT2D eigenvalue weighted by molar-refractivity contribution is 6.12. The molecule has 154 valence electrons. The first-order valence-electron chi connectivity index (χ1n) is 10.3. The normalized spacial score (nSPS) is 22.9. The van der Waals surface area contributed by atoms with Gasteiger partial charge < -0.3 is 15.5 Å². The van der Waals surface area contributed by atoms with E-state index >= 15 is 0 Å². The molecule has 0 saturated carbocycles. The van der Waals surface area contributed by atoms with E-state index in [1.54, 1.807) is 18.5 Å². The highest BCUT2D eigenvalue weighted by Crippen LogP contribution is 2.29. The quantitative estimate of drug-likeness (QED) is 0.750. The number of anilines is 2. The lowest BCUT2D eigenvalue weighted by Gasteiger charge is -2.37. The van der Waals surface area contributed by atoms with Gasteiger partial charge in [0.1, 0.15) is 5.83 Å². The van der Waals surface area contributed by atoms with Crippen molar-refractivity contribution in [1.29, 1.82) is 0 Å². The summed E-state index contributed by atoms with van der Waals surface area (Å²) in [6.45, 7) is 9.35. The lowest BCUT2D eigenvalue weighted by atomic mass is 9.98. The van der Waals surface area contributed by atoms with Gasteiger partial charge in [0.2, 0.25) is 0 Å². The number of piperazine rings is 1. The number of pyridine rings is 1. The third-order valence-corrected chi connectivity index (χ3v) is 5.06. The molecule has 5 nitrogen and oxygen atoms in total. The zero-order chi connectivity index (χ0) is 20.6.